The lowest BCUT2D eigenvalue weighted by atomic mass is 10.4. The standard InChI is InChI=1S/C8H12N2OS/c1-4-10-5-6(2)7(12)9(3)8(10)11/h5H,4H2,1-3H3. The van der Waals surface area contributed by atoms with Crippen molar-refractivity contribution >= 4 is 12.2 Å². The summed E-state index contributed by atoms with van der Waals surface area (Å²) in [6, 6.07) is 0. The van der Waals surface area contributed by atoms with Gasteiger partial charge < -0.3 is 4.57 Å². The lowest BCUT2D eigenvalue weighted by Gasteiger charge is -2.06. The largest absolute Gasteiger partial charge is 0.328 e. The molecule has 1 rings (SSSR count). The first-order valence-electron chi connectivity index (χ1n) is 3.85. The fraction of sp³-hybridized carbons (Fsp3) is 0.500. The molecule has 0 radical (unpaired) electrons. The fourth-order valence-electron chi connectivity index (χ4n) is 1.11. The van der Waals surface area contributed by atoms with Crippen LogP contribution in [0.3, 0.4) is 0 Å². The van der Waals surface area contributed by atoms with E-state index >= 15 is 0 Å². The highest BCUT2D eigenvalue weighted by Crippen LogP contribution is 1.96. The highest BCUT2D eigenvalue weighted by atomic mass is 32.1. The van der Waals surface area contributed by atoms with E-state index in [0.29, 0.717) is 11.2 Å². The Morgan fingerprint density at radius 3 is 2.67 bits per heavy atom. The van der Waals surface area contributed by atoms with Crippen LogP contribution in [0.25, 0.3) is 0 Å². The number of aromatic nitrogens is 2. The zero-order chi connectivity index (χ0) is 9.30. The Morgan fingerprint density at radius 2 is 2.17 bits per heavy atom. The van der Waals surface area contributed by atoms with Crippen LogP contribution >= 0.6 is 12.2 Å². The summed E-state index contributed by atoms with van der Waals surface area (Å²) in [6.07, 6.45) is 1.80. The third-order valence-electron chi connectivity index (χ3n) is 1.86. The van der Waals surface area contributed by atoms with Crippen LogP contribution in [-0.2, 0) is 13.6 Å². The molecule has 1 aromatic heterocycles. The number of nitrogens with zero attached hydrogens (tertiary/aromatic N) is 2. The summed E-state index contributed by atoms with van der Waals surface area (Å²) in [5.74, 6) is 0. The van der Waals surface area contributed by atoms with Gasteiger partial charge in [-0.25, -0.2) is 4.79 Å². The van der Waals surface area contributed by atoms with Crippen LogP contribution in [0.2, 0.25) is 0 Å². The van der Waals surface area contributed by atoms with Crippen molar-refractivity contribution < 1.29 is 0 Å². The van der Waals surface area contributed by atoms with Crippen molar-refractivity contribution in [3.63, 3.8) is 0 Å². The molecule has 0 aliphatic rings. The fourth-order valence-corrected chi connectivity index (χ4v) is 1.25. The minimum atomic E-state index is -0.0481. The van der Waals surface area contributed by atoms with Crippen molar-refractivity contribution in [2.24, 2.45) is 7.05 Å². The lowest BCUT2D eigenvalue weighted by molar-refractivity contribution is 0.631. The first-order valence-corrected chi connectivity index (χ1v) is 4.25. The van der Waals surface area contributed by atoms with Crippen LogP contribution in [0.15, 0.2) is 11.0 Å². The zero-order valence-corrected chi connectivity index (χ0v) is 8.31. The molecule has 1 heterocycles. The normalized spacial score (nSPS) is 10.2. The monoisotopic (exact) mass is 184 g/mol. The van der Waals surface area contributed by atoms with E-state index in [2.05, 4.69) is 0 Å². The van der Waals surface area contributed by atoms with Gasteiger partial charge in [0.15, 0.2) is 0 Å². The summed E-state index contributed by atoms with van der Waals surface area (Å²) in [7, 11) is 1.70. The number of hydrogen-bond acceptors (Lipinski definition) is 2. The molecular weight excluding hydrogens is 172 g/mol. The van der Waals surface area contributed by atoms with Crippen molar-refractivity contribution in [2.75, 3.05) is 0 Å². The molecule has 0 spiro atoms. The molecule has 66 valence electrons. The van der Waals surface area contributed by atoms with E-state index in [1.807, 2.05) is 13.8 Å². The molecule has 0 aliphatic carbocycles. The van der Waals surface area contributed by atoms with Crippen LogP contribution in [0, 0.1) is 11.6 Å². The Labute approximate surface area is 76.3 Å². The Morgan fingerprint density at radius 1 is 1.58 bits per heavy atom. The summed E-state index contributed by atoms with van der Waals surface area (Å²) in [6.45, 7) is 4.53. The molecule has 4 heteroatoms. The summed E-state index contributed by atoms with van der Waals surface area (Å²) in [4.78, 5) is 11.4. The third kappa shape index (κ3) is 1.34. The maximum Gasteiger partial charge on any atom is 0.328 e. The first-order chi connectivity index (χ1) is 5.57. The van der Waals surface area contributed by atoms with Gasteiger partial charge in [-0.05, 0) is 13.8 Å². The van der Waals surface area contributed by atoms with E-state index in [0.717, 1.165) is 5.56 Å². The van der Waals surface area contributed by atoms with Gasteiger partial charge >= 0.3 is 5.69 Å². The van der Waals surface area contributed by atoms with Crippen molar-refractivity contribution in [3.05, 3.63) is 26.9 Å². The van der Waals surface area contributed by atoms with E-state index in [1.54, 1.807) is 17.8 Å². The molecule has 0 atom stereocenters. The molecule has 0 N–H and O–H groups in total. The molecule has 0 amide bonds. The van der Waals surface area contributed by atoms with Crippen LogP contribution in [0.1, 0.15) is 12.5 Å². The Kier molecular flexibility index (Phi) is 2.47. The molecule has 0 saturated heterocycles. The Balaban J connectivity index is 3.61. The van der Waals surface area contributed by atoms with Crippen molar-refractivity contribution in [1.29, 1.82) is 0 Å². The van der Waals surface area contributed by atoms with E-state index in [9.17, 15) is 4.79 Å². The molecule has 0 bridgehead atoms. The van der Waals surface area contributed by atoms with Gasteiger partial charge in [-0.1, -0.05) is 12.2 Å². The smallest absolute Gasteiger partial charge is 0.301 e. The highest BCUT2D eigenvalue weighted by molar-refractivity contribution is 7.71. The second-order valence-corrected chi connectivity index (χ2v) is 3.13. The minimum Gasteiger partial charge on any atom is -0.301 e. The topological polar surface area (TPSA) is 26.9 Å². The van der Waals surface area contributed by atoms with Gasteiger partial charge in [0.05, 0.1) is 0 Å². The van der Waals surface area contributed by atoms with Crippen LogP contribution < -0.4 is 5.69 Å². The van der Waals surface area contributed by atoms with Gasteiger partial charge in [0.1, 0.15) is 4.64 Å². The van der Waals surface area contributed by atoms with E-state index in [-0.39, 0.29) is 5.69 Å². The molecule has 0 unspecified atom stereocenters. The molecule has 1 aromatic rings. The van der Waals surface area contributed by atoms with Crippen molar-refractivity contribution in [1.82, 2.24) is 9.13 Å². The maximum absolute atomic E-state index is 11.4. The van der Waals surface area contributed by atoms with Gasteiger partial charge in [-0.2, -0.15) is 0 Å². The van der Waals surface area contributed by atoms with Gasteiger partial charge in [-0.3, -0.25) is 4.57 Å². The molecule has 3 nitrogen and oxygen atoms in total. The SMILES string of the molecule is CCn1cc(C)c(=S)n(C)c1=O. The van der Waals surface area contributed by atoms with Gasteiger partial charge in [0.2, 0.25) is 0 Å². The van der Waals surface area contributed by atoms with Crippen LogP contribution in [0.5, 0.6) is 0 Å². The molecule has 0 aromatic carbocycles. The number of hydrogen-bond donors (Lipinski definition) is 0. The van der Waals surface area contributed by atoms with Crippen molar-refractivity contribution in [2.45, 2.75) is 20.4 Å². The average molecular weight is 184 g/mol. The molecule has 0 saturated carbocycles. The van der Waals surface area contributed by atoms with E-state index in [4.69, 9.17) is 12.2 Å². The van der Waals surface area contributed by atoms with Gasteiger partial charge in [0, 0.05) is 25.4 Å². The van der Waals surface area contributed by atoms with Gasteiger partial charge in [0.25, 0.3) is 0 Å². The Hall–Kier alpha value is -0.900. The van der Waals surface area contributed by atoms with Gasteiger partial charge in [-0.15, -0.1) is 0 Å². The van der Waals surface area contributed by atoms with E-state index in [1.165, 1.54) is 4.57 Å². The summed E-state index contributed by atoms with van der Waals surface area (Å²) in [5, 5.41) is 0. The van der Waals surface area contributed by atoms with Crippen LogP contribution in [-0.4, -0.2) is 9.13 Å². The predicted octanol–water partition coefficient (Wildman–Crippen LogP) is 1.24. The molecule has 12 heavy (non-hydrogen) atoms. The predicted molar refractivity (Wildman–Crippen MR) is 50.9 cm³/mol. The highest BCUT2D eigenvalue weighted by Gasteiger charge is 1.99. The molecular formula is C8H12N2OS. The average Bonchev–Trinajstić information content (AvgIpc) is 2.08. The van der Waals surface area contributed by atoms with Crippen molar-refractivity contribution in [3.8, 4) is 0 Å². The summed E-state index contributed by atoms with van der Waals surface area (Å²) in [5.41, 5.74) is 0.919. The third-order valence-corrected chi connectivity index (χ3v) is 2.46. The number of aryl methyl sites for hydroxylation is 2. The number of rotatable bonds is 1. The minimum absolute atomic E-state index is 0.0481. The van der Waals surface area contributed by atoms with E-state index < -0.39 is 0 Å². The van der Waals surface area contributed by atoms with Crippen LogP contribution in [0.4, 0.5) is 0 Å². The zero-order valence-electron chi connectivity index (χ0n) is 7.50. The second-order valence-electron chi connectivity index (χ2n) is 2.74. The Bertz CT molecular complexity index is 402. The summed E-state index contributed by atoms with van der Waals surface area (Å²) < 4.78 is 3.75. The quantitative estimate of drug-likeness (QED) is 0.614. The second kappa shape index (κ2) is 3.23. The summed E-state index contributed by atoms with van der Waals surface area (Å²) >= 11 is 5.04. The first kappa shape index (κ1) is 9.19. The lowest BCUT2D eigenvalue weighted by Crippen LogP contribution is -2.29. The molecule has 0 aliphatic heterocycles. The molecule has 0 fully saturated rings. The maximum atomic E-state index is 11.4.